The summed E-state index contributed by atoms with van der Waals surface area (Å²) < 4.78 is 0.993. The Hall–Kier alpha value is -1.72. The Morgan fingerprint density at radius 1 is 1.17 bits per heavy atom. The van der Waals surface area contributed by atoms with Crippen LogP contribution < -0.4 is 11.2 Å². The van der Waals surface area contributed by atoms with Crippen LogP contribution in [-0.2, 0) is 6.42 Å². The number of aromatic nitrogens is 1. The molecule has 0 radical (unpaired) electrons. The number of unbranched alkanes of at least 4 members (excludes halogenated alkanes) is 1. The summed E-state index contributed by atoms with van der Waals surface area (Å²) in [5, 5.41) is 0.605. The van der Waals surface area contributed by atoms with Crippen molar-refractivity contribution in [1.82, 2.24) is 4.98 Å². The summed E-state index contributed by atoms with van der Waals surface area (Å²) in [7, 11) is 0. The van der Waals surface area contributed by atoms with E-state index in [0.717, 1.165) is 44.7 Å². The van der Waals surface area contributed by atoms with Gasteiger partial charge in [-0.3, -0.25) is 4.79 Å². The normalized spacial score (nSPS) is 11.0. The highest BCUT2D eigenvalue weighted by molar-refractivity contribution is 9.10. The third-order valence-electron chi connectivity index (χ3n) is 3.74. The van der Waals surface area contributed by atoms with Crippen LogP contribution in [0.3, 0.4) is 0 Å². The van der Waals surface area contributed by atoms with Gasteiger partial charge in [0.1, 0.15) is 4.83 Å². The summed E-state index contributed by atoms with van der Waals surface area (Å²) >= 11 is 4.91. The number of hydrogen-bond donors (Lipinski definition) is 1. The van der Waals surface area contributed by atoms with Crippen LogP contribution >= 0.6 is 27.3 Å². The van der Waals surface area contributed by atoms with Crippen molar-refractivity contribution >= 4 is 43.2 Å². The van der Waals surface area contributed by atoms with E-state index in [1.54, 1.807) is 0 Å². The van der Waals surface area contributed by atoms with Crippen molar-refractivity contribution in [3.63, 3.8) is 0 Å². The molecule has 2 heterocycles. The monoisotopic (exact) mass is 388 g/mol. The average Bonchev–Trinajstić information content (AvgIpc) is 2.57. The molecule has 0 spiro atoms. The third kappa shape index (κ3) is 3.31. The number of rotatable bonds is 4. The molecule has 0 unspecified atom stereocenters. The molecular weight excluding hydrogens is 372 g/mol. The highest BCUT2D eigenvalue weighted by atomic mass is 79.9. The van der Waals surface area contributed by atoms with Gasteiger partial charge in [-0.25, -0.2) is 4.98 Å². The number of halogens is 1. The first-order valence-electron chi connectivity index (χ1n) is 7.58. The van der Waals surface area contributed by atoms with Crippen LogP contribution in [0.15, 0.2) is 45.7 Å². The fourth-order valence-electron chi connectivity index (χ4n) is 2.44. The van der Waals surface area contributed by atoms with E-state index < -0.39 is 0 Å². The van der Waals surface area contributed by atoms with E-state index in [4.69, 9.17) is 5.73 Å². The maximum absolute atomic E-state index is 12.5. The van der Waals surface area contributed by atoms with E-state index in [9.17, 15) is 4.79 Å². The van der Waals surface area contributed by atoms with Crippen molar-refractivity contribution in [2.45, 2.75) is 26.2 Å². The SMILES string of the molecule is CCCCc1ccc2c(=O)c(N)c(-c3ccc(Br)cc3)sc2n1. The lowest BCUT2D eigenvalue weighted by atomic mass is 10.1. The summed E-state index contributed by atoms with van der Waals surface area (Å²) in [6.07, 6.45) is 3.16. The highest BCUT2D eigenvalue weighted by Crippen LogP contribution is 2.32. The number of aryl methyl sites for hydroxylation is 1. The van der Waals surface area contributed by atoms with E-state index in [1.807, 2.05) is 36.4 Å². The Labute approximate surface area is 147 Å². The van der Waals surface area contributed by atoms with Gasteiger partial charge in [-0.05, 0) is 42.7 Å². The summed E-state index contributed by atoms with van der Waals surface area (Å²) in [6, 6.07) is 11.6. The third-order valence-corrected chi connectivity index (χ3v) is 5.44. The first kappa shape index (κ1) is 16.1. The molecule has 5 heteroatoms. The van der Waals surface area contributed by atoms with E-state index >= 15 is 0 Å². The summed E-state index contributed by atoms with van der Waals surface area (Å²) in [5.41, 5.74) is 8.23. The van der Waals surface area contributed by atoms with Crippen LogP contribution in [0.1, 0.15) is 25.5 Å². The summed E-state index contributed by atoms with van der Waals surface area (Å²) in [5.74, 6) is 0. The molecule has 3 rings (SSSR count). The molecule has 3 nitrogen and oxygen atoms in total. The van der Waals surface area contributed by atoms with Crippen LogP contribution in [0.25, 0.3) is 20.7 Å². The van der Waals surface area contributed by atoms with Gasteiger partial charge >= 0.3 is 0 Å². The Morgan fingerprint density at radius 2 is 1.91 bits per heavy atom. The first-order valence-corrected chi connectivity index (χ1v) is 9.19. The van der Waals surface area contributed by atoms with E-state index in [-0.39, 0.29) is 5.43 Å². The van der Waals surface area contributed by atoms with Gasteiger partial charge in [0.05, 0.1) is 16.0 Å². The molecule has 0 amide bonds. The fraction of sp³-hybridized carbons (Fsp3) is 0.222. The van der Waals surface area contributed by atoms with Gasteiger partial charge in [-0.15, -0.1) is 11.3 Å². The molecule has 0 aliphatic carbocycles. The average molecular weight is 389 g/mol. The van der Waals surface area contributed by atoms with Gasteiger partial charge in [0.2, 0.25) is 5.43 Å². The molecule has 0 atom stereocenters. The number of nitrogen functional groups attached to an aromatic ring is 1. The van der Waals surface area contributed by atoms with Crippen LogP contribution in [-0.4, -0.2) is 4.98 Å². The van der Waals surface area contributed by atoms with Crippen molar-refractivity contribution in [2.24, 2.45) is 0 Å². The number of benzene rings is 1. The predicted octanol–water partition coefficient (Wildman–Crippen LogP) is 5.01. The lowest BCUT2D eigenvalue weighted by Crippen LogP contribution is -2.10. The Kier molecular flexibility index (Phi) is 4.78. The molecule has 2 N–H and O–H groups in total. The van der Waals surface area contributed by atoms with Crippen molar-refractivity contribution in [3.05, 3.63) is 56.8 Å². The second-order valence-corrected chi connectivity index (χ2v) is 7.35. The smallest absolute Gasteiger partial charge is 0.213 e. The number of pyridine rings is 1. The van der Waals surface area contributed by atoms with Gasteiger partial charge in [0.15, 0.2) is 0 Å². The zero-order valence-corrected chi connectivity index (χ0v) is 15.2. The van der Waals surface area contributed by atoms with Crippen molar-refractivity contribution < 1.29 is 0 Å². The molecule has 0 fully saturated rings. The van der Waals surface area contributed by atoms with Gasteiger partial charge in [0, 0.05) is 10.2 Å². The first-order chi connectivity index (χ1) is 11.1. The maximum atomic E-state index is 12.5. The zero-order valence-electron chi connectivity index (χ0n) is 12.8. The highest BCUT2D eigenvalue weighted by Gasteiger charge is 2.13. The van der Waals surface area contributed by atoms with Crippen LogP contribution in [0.2, 0.25) is 0 Å². The molecule has 3 aromatic rings. The van der Waals surface area contributed by atoms with Crippen LogP contribution in [0.5, 0.6) is 0 Å². The van der Waals surface area contributed by atoms with Crippen molar-refractivity contribution in [1.29, 1.82) is 0 Å². The summed E-state index contributed by atoms with van der Waals surface area (Å²) in [6.45, 7) is 2.16. The minimum Gasteiger partial charge on any atom is -0.394 e. The van der Waals surface area contributed by atoms with E-state index in [1.165, 1.54) is 11.3 Å². The predicted molar refractivity (Wildman–Crippen MR) is 102 cm³/mol. The fourth-order valence-corrected chi connectivity index (χ4v) is 3.79. The van der Waals surface area contributed by atoms with Crippen LogP contribution in [0.4, 0.5) is 5.69 Å². The van der Waals surface area contributed by atoms with Gasteiger partial charge < -0.3 is 5.73 Å². The molecule has 0 saturated heterocycles. The number of hydrogen-bond acceptors (Lipinski definition) is 4. The Balaban J connectivity index is 2.16. The second-order valence-electron chi connectivity index (χ2n) is 5.44. The number of fused-ring (bicyclic) bond motifs is 1. The topological polar surface area (TPSA) is 56.0 Å². The number of nitrogens with two attached hydrogens (primary N) is 1. The van der Waals surface area contributed by atoms with Gasteiger partial charge in [-0.1, -0.05) is 41.4 Å². The molecular formula is C18H17BrN2OS. The molecule has 2 aromatic heterocycles. The number of anilines is 1. The Morgan fingerprint density at radius 3 is 2.61 bits per heavy atom. The van der Waals surface area contributed by atoms with E-state index in [2.05, 4.69) is 27.8 Å². The van der Waals surface area contributed by atoms with Gasteiger partial charge in [0.25, 0.3) is 0 Å². The summed E-state index contributed by atoms with van der Waals surface area (Å²) in [4.78, 5) is 18.8. The van der Waals surface area contributed by atoms with Crippen molar-refractivity contribution in [3.8, 4) is 10.4 Å². The second kappa shape index (κ2) is 6.81. The number of nitrogens with zero attached hydrogens (tertiary/aromatic N) is 1. The lowest BCUT2D eigenvalue weighted by molar-refractivity contribution is 0.780. The standard InChI is InChI=1S/C18H17BrN2OS/c1-2-3-4-13-9-10-14-16(22)15(20)17(23-18(14)21-13)11-5-7-12(19)8-6-11/h5-10H,2-4,20H2,1H3. The minimum atomic E-state index is -0.133. The molecule has 0 saturated carbocycles. The van der Waals surface area contributed by atoms with Gasteiger partial charge in [-0.2, -0.15) is 0 Å². The minimum absolute atomic E-state index is 0.133. The lowest BCUT2D eigenvalue weighted by Gasteiger charge is -2.08. The largest absolute Gasteiger partial charge is 0.394 e. The molecule has 0 aliphatic heterocycles. The van der Waals surface area contributed by atoms with E-state index in [0.29, 0.717) is 11.1 Å². The molecule has 1 aromatic carbocycles. The van der Waals surface area contributed by atoms with Crippen LogP contribution in [0, 0.1) is 0 Å². The van der Waals surface area contributed by atoms with Crippen molar-refractivity contribution in [2.75, 3.05) is 5.73 Å². The molecule has 0 aliphatic rings. The molecule has 0 bridgehead atoms. The molecule has 118 valence electrons. The molecule has 23 heavy (non-hydrogen) atoms. The zero-order chi connectivity index (χ0) is 16.4. The quantitative estimate of drug-likeness (QED) is 0.682. The maximum Gasteiger partial charge on any atom is 0.213 e. The Bertz CT molecular complexity index is 903.